The van der Waals surface area contributed by atoms with Crippen LogP contribution in [-0.2, 0) is 6.54 Å². The number of nitrogens with zero attached hydrogens (tertiary/aromatic N) is 1. The van der Waals surface area contributed by atoms with E-state index in [4.69, 9.17) is 0 Å². The summed E-state index contributed by atoms with van der Waals surface area (Å²) in [6, 6.07) is 11.7. The molecule has 0 saturated carbocycles. The Balaban J connectivity index is 1.90. The average molecular weight is 221 g/mol. The Bertz CT molecular complexity index is 626. The Morgan fingerprint density at radius 3 is 2.59 bits per heavy atom. The molecule has 3 rings (SSSR count). The molecule has 1 aliphatic rings. The highest BCUT2D eigenvalue weighted by Crippen LogP contribution is 2.17. The molecule has 1 aromatic heterocycles. The zero-order chi connectivity index (χ0) is 11.7. The van der Waals surface area contributed by atoms with Gasteiger partial charge in [-0.05, 0) is 18.2 Å². The Morgan fingerprint density at radius 2 is 1.82 bits per heavy atom. The van der Waals surface area contributed by atoms with E-state index in [-0.39, 0.29) is 5.78 Å². The Hall–Kier alpha value is -2.27. The molecule has 17 heavy (non-hydrogen) atoms. The molecule has 0 N–H and O–H groups in total. The van der Waals surface area contributed by atoms with E-state index in [1.807, 2.05) is 47.2 Å². The minimum absolute atomic E-state index is 0.220. The largest absolute Gasteiger partial charge is 0.343 e. The summed E-state index contributed by atoms with van der Waals surface area (Å²) in [5, 5.41) is 0. The summed E-state index contributed by atoms with van der Waals surface area (Å²) in [6.07, 6.45) is 2.58. The molecule has 2 heterocycles. The van der Waals surface area contributed by atoms with Crippen LogP contribution in [0.5, 0.6) is 0 Å². The van der Waals surface area contributed by atoms with E-state index in [2.05, 4.69) is 11.8 Å². The van der Waals surface area contributed by atoms with E-state index in [0.717, 1.165) is 23.4 Å². The number of fused-ring (bicyclic) bond motifs is 1. The van der Waals surface area contributed by atoms with E-state index in [1.165, 1.54) is 0 Å². The van der Waals surface area contributed by atoms with Crippen molar-refractivity contribution in [3.8, 4) is 11.8 Å². The molecule has 0 spiro atoms. The molecule has 0 aliphatic carbocycles. The monoisotopic (exact) mass is 221 g/mol. The third-order valence-electron chi connectivity index (χ3n) is 2.89. The van der Waals surface area contributed by atoms with Crippen molar-refractivity contribution in [3.05, 3.63) is 59.4 Å². The van der Waals surface area contributed by atoms with E-state index in [9.17, 15) is 4.79 Å². The zero-order valence-electron chi connectivity index (χ0n) is 9.31. The fraction of sp³-hybridized carbons (Fsp3) is 0.133. The van der Waals surface area contributed by atoms with Gasteiger partial charge in [0, 0.05) is 30.3 Å². The third kappa shape index (κ3) is 1.88. The first kappa shape index (κ1) is 9.92. The summed E-state index contributed by atoms with van der Waals surface area (Å²) < 4.78 is 1.98. The fourth-order valence-corrected chi connectivity index (χ4v) is 2.01. The molecular formula is C15H11NO. The Morgan fingerprint density at radius 1 is 1.06 bits per heavy atom. The summed E-state index contributed by atoms with van der Waals surface area (Å²) in [6.45, 7) is 0.793. The predicted octanol–water partition coefficient (Wildman–Crippen LogP) is 2.47. The van der Waals surface area contributed by atoms with Crippen LogP contribution in [-0.4, -0.2) is 10.4 Å². The highest BCUT2D eigenvalue weighted by atomic mass is 16.1. The second-order valence-corrected chi connectivity index (χ2v) is 4.10. The molecule has 1 aromatic carbocycles. The molecule has 0 unspecified atom stereocenters. The first-order valence-corrected chi connectivity index (χ1v) is 5.63. The van der Waals surface area contributed by atoms with E-state index in [1.54, 1.807) is 0 Å². The Labute approximate surface area is 99.9 Å². The van der Waals surface area contributed by atoms with Gasteiger partial charge >= 0.3 is 0 Å². The number of carbonyl (C=O) groups excluding carboxylic acids is 1. The fourth-order valence-electron chi connectivity index (χ4n) is 2.01. The maximum absolute atomic E-state index is 11.5. The number of aryl methyl sites for hydroxylation is 1. The van der Waals surface area contributed by atoms with Crippen molar-refractivity contribution < 1.29 is 4.79 Å². The number of aromatic nitrogens is 1. The summed E-state index contributed by atoms with van der Waals surface area (Å²) in [5.41, 5.74) is 2.70. The predicted molar refractivity (Wildman–Crippen MR) is 65.8 cm³/mol. The average Bonchev–Trinajstić information content (AvgIpc) is 2.91. The van der Waals surface area contributed by atoms with Crippen LogP contribution in [0.15, 0.2) is 42.6 Å². The molecule has 82 valence electrons. The van der Waals surface area contributed by atoms with Gasteiger partial charge in [0.15, 0.2) is 5.78 Å². The number of hydrogen-bond donors (Lipinski definition) is 0. The molecule has 0 atom stereocenters. The van der Waals surface area contributed by atoms with Gasteiger partial charge in [-0.2, -0.15) is 0 Å². The molecule has 0 bridgehead atoms. The van der Waals surface area contributed by atoms with E-state index < -0.39 is 0 Å². The van der Waals surface area contributed by atoms with E-state index >= 15 is 0 Å². The second kappa shape index (κ2) is 3.95. The van der Waals surface area contributed by atoms with Gasteiger partial charge in [0.25, 0.3) is 0 Å². The topological polar surface area (TPSA) is 22.0 Å². The first-order valence-electron chi connectivity index (χ1n) is 5.63. The SMILES string of the molecule is O=C1CCn2cc(C#Cc3ccccc3)cc21. The van der Waals surface area contributed by atoms with Crippen molar-refractivity contribution in [2.75, 3.05) is 0 Å². The molecule has 2 aromatic rings. The number of rotatable bonds is 0. The number of carbonyl (C=O) groups is 1. The van der Waals surface area contributed by atoms with Crippen LogP contribution in [0.25, 0.3) is 0 Å². The molecule has 1 aliphatic heterocycles. The zero-order valence-corrected chi connectivity index (χ0v) is 9.31. The summed E-state index contributed by atoms with van der Waals surface area (Å²) in [4.78, 5) is 11.5. The summed E-state index contributed by atoms with van der Waals surface area (Å²) >= 11 is 0. The van der Waals surface area contributed by atoms with Gasteiger partial charge < -0.3 is 4.57 Å². The minimum atomic E-state index is 0.220. The highest BCUT2D eigenvalue weighted by molar-refractivity contribution is 5.96. The van der Waals surface area contributed by atoms with Crippen LogP contribution < -0.4 is 0 Å². The third-order valence-corrected chi connectivity index (χ3v) is 2.89. The molecule has 2 nitrogen and oxygen atoms in total. The maximum atomic E-state index is 11.5. The molecule has 0 radical (unpaired) electrons. The number of hydrogen-bond acceptors (Lipinski definition) is 1. The van der Waals surface area contributed by atoms with Gasteiger partial charge in [-0.1, -0.05) is 30.0 Å². The lowest BCUT2D eigenvalue weighted by atomic mass is 10.2. The lowest BCUT2D eigenvalue weighted by molar-refractivity contribution is 0.0994. The normalized spacial score (nSPS) is 13.1. The maximum Gasteiger partial charge on any atom is 0.181 e. The van der Waals surface area contributed by atoms with Crippen molar-refractivity contribution in [1.82, 2.24) is 4.57 Å². The van der Waals surface area contributed by atoms with Crippen molar-refractivity contribution in [2.24, 2.45) is 0 Å². The Kier molecular flexibility index (Phi) is 2.31. The molecule has 2 heteroatoms. The standard InChI is InChI=1S/C15H11NO/c17-15-8-9-16-11-13(10-14(15)16)7-6-12-4-2-1-3-5-12/h1-5,10-11H,8-9H2. The van der Waals surface area contributed by atoms with Gasteiger partial charge in [0.1, 0.15) is 0 Å². The highest BCUT2D eigenvalue weighted by Gasteiger charge is 2.19. The molecule has 0 amide bonds. The van der Waals surface area contributed by atoms with Crippen LogP contribution in [0.4, 0.5) is 0 Å². The number of Topliss-reactive ketones (excluding diaryl/α,β-unsaturated/α-hetero) is 1. The van der Waals surface area contributed by atoms with E-state index in [0.29, 0.717) is 6.42 Å². The number of benzene rings is 1. The van der Waals surface area contributed by atoms with Crippen molar-refractivity contribution in [1.29, 1.82) is 0 Å². The molecule has 0 saturated heterocycles. The first-order chi connectivity index (χ1) is 8.33. The van der Waals surface area contributed by atoms with Crippen LogP contribution >= 0.6 is 0 Å². The number of ketones is 1. The smallest absolute Gasteiger partial charge is 0.181 e. The van der Waals surface area contributed by atoms with Crippen molar-refractivity contribution in [3.63, 3.8) is 0 Å². The van der Waals surface area contributed by atoms with Crippen molar-refractivity contribution >= 4 is 5.78 Å². The van der Waals surface area contributed by atoms with Crippen LogP contribution in [0.3, 0.4) is 0 Å². The van der Waals surface area contributed by atoms with Gasteiger partial charge in [0.05, 0.1) is 5.69 Å². The quantitative estimate of drug-likeness (QED) is 0.626. The molecular weight excluding hydrogens is 210 g/mol. The van der Waals surface area contributed by atoms with Gasteiger partial charge in [0.2, 0.25) is 0 Å². The van der Waals surface area contributed by atoms with Crippen LogP contribution in [0, 0.1) is 11.8 Å². The van der Waals surface area contributed by atoms with Gasteiger partial charge in [-0.3, -0.25) is 4.79 Å². The van der Waals surface area contributed by atoms with Crippen LogP contribution in [0.2, 0.25) is 0 Å². The summed E-state index contributed by atoms with van der Waals surface area (Å²) in [7, 11) is 0. The second-order valence-electron chi connectivity index (χ2n) is 4.10. The van der Waals surface area contributed by atoms with Gasteiger partial charge in [-0.15, -0.1) is 0 Å². The van der Waals surface area contributed by atoms with Gasteiger partial charge in [-0.25, -0.2) is 0 Å². The lowest BCUT2D eigenvalue weighted by Crippen LogP contribution is -1.89. The minimum Gasteiger partial charge on any atom is -0.343 e. The lowest BCUT2D eigenvalue weighted by Gasteiger charge is -1.89. The molecule has 0 fully saturated rings. The van der Waals surface area contributed by atoms with Crippen molar-refractivity contribution in [2.45, 2.75) is 13.0 Å². The summed E-state index contributed by atoms with van der Waals surface area (Å²) in [5.74, 6) is 6.40. The van der Waals surface area contributed by atoms with Crippen LogP contribution in [0.1, 0.15) is 28.0 Å².